The summed E-state index contributed by atoms with van der Waals surface area (Å²) < 4.78 is 29.1. The van der Waals surface area contributed by atoms with E-state index in [1.54, 1.807) is 31.2 Å². The third kappa shape index (κ3) is 6.73. The number of carbonyl (C=O) groups excluding carboxylic acids is 2. The molecule has 212 valence electrons. The highest BCUT2D eigenvalue weighted by Gasteiger charge is 2.34. The van der Waals surface area contributed by atoms with Crippen molar-refractivity contribution >= 4 is 27.5 Å². The zero-order valence-corrected chi connectivity index (χ0v) is 24.6. The Hall–Kier alpha value is -3.65. The largest absolute Gasteiger partial charge is 0.352 e. The van der Waals surface area contributed by atoms with E-state index in [1.165, 1.54) is 21.3 Å². The SMILES string of the molecule is Cc1ccc(C)c(N(CC(=O)N(Cc2ccccc2C)[C@H](C)C(=O)NC2CCCC2)S(=O)(=O)c2ccccc2)c1. The molecule has 0 radical (unpaired) electrons. The number of anilines is 1. The van der Waals surface area contributed by atoms with Crippen LogP contribution >= 0.6 is 0 Å². The predicted octanol–water partition coefficient (Wildman–Crippen LogP) is 5.28. The molecule has 1 aliphatic rings. The lowest BCUT2D eigenvalue weighted by atomic mass is 10.1. The molecule has 2 amide bonds. The smallest absolute Gasteiger partial charge is 0.264 e. The van der Waals surface area contributed by atoms with Gasteiger partial charge in [-0.05, 0) is 81.0 Å². The van der Waals surface area contributed by atoms with Crippen LogP contribution in [0.15, 0.2) is 77.7 Å². The van der Waals surface area contributed by atoms with Crippen molar-refractivity contribution < 1.29 is 18.0 Å². The van der Waals surface area contributed by atoms with Gasteiger partial charge in [0.15, 0.2) is 0 Å². The summed E-state index contributed by atoms with van der Waals surface area (Å²) in [6.07, 6.45) is 4.01. The van der Waals surface area contributed by atoms with Crippen molar-refractivity contribution in [3.8, 4) is 0 Å². The van der Waals surface area contributed by atoms with Crippen LogP contribution in [-0.2, 0) is 26.2 Å². The highest BCUT2D eigenvalue weighted by molar-refractivity contribution is 7.92. The Labute approximate surface area is 238 Å². The van der Waals surface area contributed by atoms with Crippen LogP contribution in [0.2, 0.25) is 0 Å². The van der Waals surface area contributed by atoms with E-state index in [0.717, 1.165) is 47.9 Å². The Morgan fingerprint density at radius 2 is 1.55 bits per heavy atom. The van der Waals surface area contributed by atoms with Crippen molar-refractivity contribution in [1.82, 2.24) is 10.2 Å². The first-order valence-corrected chi connectivity index (χ1v) is 15.3. The molecule has 1 fully saturated rings. The number of benzene rings is 3. The second-order valence-corrected chi connectivity index (χ2v) is 12.6. The van der Waals surface area contributed by atoms with Crippen LogP contribution in [0.25, 0.3) is 0 Å². The Bertz CT molecular complexity index is 1450. The standard InChI is InChI=1S/C32H39N3O4S/c1-23-18-19-25(3)30(20-23)35(40(38,39)29-16-6-5-7-17-29)22-31(36)34(21-27-13-9-8-12-24(27)2)26(4)32(37)33-28-14-10-11-15-28/h5-9,12-13,16-20,26,28H,10-11,14-15,21-22H2,1-4H3,(H,33,37)/t26-/m1/s1. The van der Waals surface area contributed by atoms with Crippen molar-refractivity contribution in [3.05, 3.63) is 95.1 Å². The minimum Gasteiger partial charge on any atom is -0.352 e. The molecule has 40 heavy (non-hydrogen) atoms. The van der Waals surface area contributed by atoms with Crippen LogP contribution in [0.1, 0.15) is 54.9 Å². The summed E-state index contributed by atoms with van der Waals surface area (Å²) in [7, 11) is -4.08. The van der Waals surface area contributed by atoms with E-state index in [4.69, 9.17) is 0 Å². The Balaban J connectivity index is 1.72. The van der Waals surface area contributed by atoms with E-state index in [0.29, 0.717) is 5.69 Å². The number of sulfonamides is 1. The summed E-state index contributed by atoms with van der Waals surface area (Å²) in [5.41, 5.74) is 3.95. The van der Waals surface area contributed by atoms with Gasteiger partial charge in [-0.25, -0.2) is 8.42 Å². The lowest BCUT2D eigenvalue weighted by Gasteiger charge is -2.33. The molecule has 0 aromatic heterocycles. The summed E-state index contributed by atoms with van der Waals surface area (Å²) in [6, 6.07) is 20.7. The zero-order valence-electron chi connectivity index (χ0n) is 23.8. The van der Waals surface area contributed by atoms with Gasteiger partial charge < -0.3 is 10.2 Å². The van der Waals surface area contributed by atoms with Crippen molar-refractivity contribution in [2.24, 2.45) is 0 Å². The first-order chi connectivity index (χ1) is 19.1. The van der Waals surface area contributed by atoms with Crippen LogP contribution < -0.4 is 9.62 Å². The van der Waals surface area contributed by atoms with Crippen molar-refractivity contribution in [2.75, 3.05) is 10.8 Å². The molecule has 0 unspecified atom stereocenters. The number of nitrogens with zero attached hydrogens (tertiary/aromatic N) is 2. The molecule has 0 spiro atoms. The summed E-state index contributed by atoms with van der Waals surface area (Å²) in [6.45, 7) is 7.15. The van der Waals surface area contributed by atoms with Gasteiger partial charge >= 0.3 is 0 Å². The van der Waals surface area contributed by atoms with Crippen LogP contribution in [0.3, 0.4) is 0 Å². The lowest BCUT2D eigenvalue weighted by Crippen LogP contribution is -2.52. The van der Waals surface area contributed by atoms with Crippen molar-refractivity contribution in [3.63, 3.8) is 0 Å². The topological polar surface area (TPSA) is 86.8 Å². The maximum Gasteiger partial charge on any atom is 0.264 e. The summed E-state index contributed by atoms with van der Waals surface area (Å²) in [5.74, 6) is -0.671. The number of hydrogen-bond donors (Lipinski definition) is 1. The van der Waals surface area contributed by atoms with Gasteiger partial charge in [-0.3, -0.25) is 13.9 Å². The van der Waals surface area contributed by atoms with Gasteiger partial charge in [-0.2, -0.15) is 0 Å². The first kappa shape index (κ1) is 29.3. The van der Waals surface area contributed by atoms with Crippen molar-refractivity contribution in [2.45, 2.75) is 76.9 Å². The van der Waals surface area contributed by atoms with E-state index < -0.39 is 28.5 Å². The molecule has 1 atom stereocenters. The van der Waals surface area contributed by atoms with Crippen LogP contribution in [0.4, 0.5) is 5.69 Å². The van der Waals surface area contributed by atoms with Gasteiger partial charge in [0.1, 0.15) is 12.6 Å². The highest BCUT2D eigenvalue weighted by atomic mass is 32.2. The van der Waals surface area contributed by atoms with Gasteiger partial charge in [-0.1, -0.05) is 67.4 Å². The second kappa shape index (κ2) is 12.7. The third-order valence-corrected chi connectivity index (χ3v) is 9.49. The van der Waals surface area contributed by atoms with Crippen molar-refractivity contribution in [1.29, 1.82) is 0 Å². The molecular formula is C32H39N3O4S. The number of rotatable bonds is 10. The quantitative estimate of drug-likeness (QED) is 0.365. The van der Waals surface area contributed by atoms with Crippen LogP contribution in [0, 0.1) is 20.8 Å². The van der Waals surface area contributed by atoms with Gasteiger partial charge in [0, 0.05) is 12.6 Å². The number of hydrogen-bond acceptors (Lipinski definition) is 4. The van der Waals surface area contributed by atoms with Crippen LogP contribution in [-0.4, -0.2) is 43.8 Å². The minimum absolute atomic E-state index is 0.0983. The summed E-state index contributed by atoms with van der Waals surface area (Å²) >= 11 is 0. The summed E-state index contributed by atoms with van der Waals surface area (Å²) in [4.78, 5) is 29.1. The third-order valence-electron chi connectivity index (χ3n) is 7.71. The number of nitrogens with one attached hydrogen (secondary N) is 1. The Kier molecular flexibility index (Phi) is 9.30. The fourth-order valence-corrected chi connectivity index (χ4v) is 6.66. The molecule has 0 aliphatic heterocycles. The van der Waals surface area contributed by atoms with E-state index in [9.17, 15) is 18.0 Å². The lowest BCUT2D eigenvalue weighted by molar-refractivity contribution is -0.139. The van der Waals surface area contributed by atoms with Gasteiger partial charge in [0.2, 0.25) is 11.8 Å². The maximum atomic E-state index is 14.1. The molecule has 1 saturated carbocycles. The monoisotopic (exact) mass is 561 g/mol. The molecule has 4 rings (SSSR count). The molecular weight excluding hydrogens is 522 g/mol. The molecule has 0 saturated heterocycles. The molecule has 3 aromatic carbocycles. The normalized spacial score (nSPS) is 14.5. The first-order valence-electron chi connectivity index (χ1n) is 13.9. The Morgan fingerprint density at radius 3 is 2.23 bits per heavy atom. The van der Waals surface area contributed by atoms with E-state index >= 15 is 0 Å². The second-order valence-electron chi connectivity index (χ2n) is 10.7. The van der Waals surface area contributed by atoms with E-state index in [2.05, 4.69) is 5.32 Å². The molecule has 1 N–H and O–H groups in total. The molecule has 3 aromatic rings. The van der Waals surface area contributed by atoms with Gasteiger partial charge in [-0.15, -0.1) is 0 Å². The van der Waals surface area contributed by atoms with E-state index in [1.807, 2.05) is 57.2 Å². The zero-order chi connectivity index (χ0) is 28.9. The number of amides is 2. The number of carbonyl (C=O) groups is 2. The molecule has 0 heterocycles. The molecule has 0 bridgehead atoms. The molecule has 8 heteroatoms. The summed E-state index contributed by atoms with van der Waals surface area (Å²) in [5, 5.41) is 3.11. The predicted molar refractivity (Wildman–Crippen MR) is 158 cm³/mol. The average molecular weight is 562 g/mol. The molecule has 1 aliphatic carbocycles. The molecule has 7 nitrogen and oxygen atoms in total. The number of aryl methyl sites for hydroxylation is 3. The average Bonchev–Trinajstić information content (AvgIpc) is 3.45. The van der Waals surface area contributed by atoms with Gasteiger partial charge in [0.05, 0.1) is 10.6 Å². The maximum absolute atomic E-state index is 14.1. The fraction of sp³-hybridized carbons (Fsp3) is 0.375. The van der Waals surface area contributed by atoms with E-state index in [-0.39, 0.29) is 23.4 Å². The fourth-order valence-electron chi connectivity index (χ4n) is 5.17. The highest BCUT2D eigenvalue weighted by Crippen LogP contribution is 2.28. The van der Waals surface area contributed by atoms with Gasteiger partial charge in [0.25, 0.3) is 10.0 Å². The van der Waals surface area contributed by atoms with Crippen LogP contribution in [0.5, 0.6) is 0 Å². The Morgan fingerprint density at radius 1 is 0.900 bits per heavy atom. The minimum atomic E-state index is -4.08.